The molecule has 0 saturated carbocycles. The molecule has 4 nitrogen and oxygen atoms in total. The highest BCUT2D eigenvalue weighted by atomic mass is 16.5. The van der Waals surface area contributed by atoms with Crippen LogP contribution in [-0.2, 0) is 6.42 Å². The van der Waals surface area contributed by atoms with Crippen LogP contribution in [0.5, 0.6) is 11.5 Å². The molecule has 0 amide bonds. The molecule has 3 N–H and O–H groups in total. The summed E-state index contributed by atoms with van der Waals surface area (Å²) >= 11 is 0. The lowest BCUT2D eigenvalue weighted by molar-refractivity contribution is 0.145. The van der Waals surface area contributed by atoms with E-state index in [2.05, 4.69) is 0 Å². The summed E-state index contributed by atoms with van der Waals surface area (Å²) in [4.78, 5) is 0. The average Bonchev–Trinajstić information content (AvgIpc) is 2.54. The molecular weight excluding hydrogens is 266 g/mol. The summed E-state index contributed by atoms with van der Waals surface area (Å²) in [5.74, 6) is 1.21. The number of rotatable bonds is 6. The summed E-state index contributed by atoms with van der Waals surface area (Å²) in [5.41, 5.74) is 7.94. The van der Waals surface area contributed by atoms with Crippen LogP contribution in [0.15, 0.2) is 48.5 Å². The third-order valence-electron chi connectivity index (χ3n) is 3.47. The molecule has 112 valence electrons. The molecule has 0 fully saturated rings. The Balaban J connectivity index is 2.13. The first-order valence-electron chi connectivity index (χ1n) is 6.85. The van der Waals surface area contributed by atoms with Crippen LogP contribution in [0.4, 0.5) is 0 Å². The van der Waals surface area contributed by atoms with E-state index in [0.717, 1.165) is 11.1 Å². The van der Waals surface area contributed by atoms with Gasteiger partial charge in [0.25, 0.3) is 0 Å². The minimum absolute atomic E-state index is 0.384. The fourth-order valence-electron chi connectivity index (χ4n) is 2.28. The van der Waals surface area contributed by atoms with Crippen molar-refractivity contribution in [3.8, 4) is 11.5 Å². The van der Waals surface area contributed by atoms with Gasteiger partial charge in [0, 0.05) is 6.04 Å². The van der Waals surface area contributed by atoms with E-state index in [-0.39, 0.29) is 6.04 Å². The smallest absolute Gasteiger partial charge is 0.161 e. The Bertz CT molecular complexity index is 572. The van der Waals surface area contributed by atoms with Gasteiger partial charge >= 0.3 is 0 Å². The zero-order valence-corrected chi connectivity index (χ0v) is 12.3. The van der Waals surface area contributed by atoms with Crippen molar-refractivity contribution in [3.05, 3.63) is 59.7 Å². The van der Waals surface area contributed by atoms with Gasteiger partial charge in [-0.2, -0.15) is 0 Å². The topological polar surface area (TPSA) is 64.7 Å². The van der Waals surface area contributed by atoms with Crippen molar-refractivity contribution in [2.24, 2.45) is 5.73 Å². The molecule has 0 saturated heterocycles. The van der Waals surface area contributed by atoms with Crippen LogP contribution in [0.25, 0.3) is 0 Å². The molecule has 0 aliphatic carbocycles. The first kappa shape index (κ1) is 15.4. The first-order chi connectivity index (χ1) is 10.2. The van der Waals surface area contributed by atoms with Crippen molar-refractivity contribution in [3.63, 3.8) is 0 Å². The van der Waals surface area contributed by atoms with Gasteiger partial charge in [-0.1, -0.05) is 36.4 Å². The number of aliphatic hydroxyl groups is 1. The van der Waals surface area contributed by atoms with Gasteiger partial charge in [0.2, 0.25) is 0 Å². The van der Waals surface area contributed by atoms with E-state index in [1.807, 2.05) is 30.3 Å². The SMILES string of the molecule is COc1ccc(C(O)C(N)Cc2ccccc2)cc1OC. The molecule has 0 aromatic heterocycles. The molecule has 0 bridgehead atoms. The lowest BCUT2D eigenvalue weighted by Gasteiger charge is -2.20. The zero-order valence-electron chi connectivity index (χ0n) is 12.3. The highest BCUT2D eigenvalue weighted by Crippen LogP contribution is 2.31. The van der Waals surface area contributed by atoms with Gasteiger partial charge < -0.3 is 20.3 Å². The second-order valence-electron chi connectivity index (χ2n) is 4.91. The quantitative estimate of drug-likeness (QED) is 0.855. The molecule has 0 aliphatic heterocycles. The highest BCUT2D eigenvalue weighted by Gasteiger charge is 2.19. The minimum Gasteiger partial charge on any atom is -0.493 e. The molecular formula is C17H21NO3. The Labute approximate surface area is 125 Å². The number of aliphatic hydroxyl groups excluding tert-OH is 1. The van der Waals surface area contributed by atoms with E-state index < -0.39 is 6.10 Å². The summed E-state index contributed by atoms with van der Waals surface area (Å²) in [5, 5.41) is 10.4. The molecule has 0 heterocycles. The predicted octanol–water partition coefficient (Wildman–Crippen LogP) is 2.31. The Hall–Kier alpha value is -2.04. The monoisotopic (exact) mass is 287 g/mol. The van der Waals surface area contributed by atoms with E-state index in [9.17, 15) is 5.11 Å². The molecule has 2 unspecified atom stereocenters. The van der Waals surface area contributed by atoms with Crippen LogP contribution < -0.4 is 15.2 Å². The van der Waals surface area contributed by atoms with E-state index in [0.29, 0.717) is 17.9 Å². The van der Waals surface area contributed by atoms with Gasteiger partial charge in [0.1, 0.15) is 0 Å². The predicted molar refractivity (Wildman–Crippen MR) is 82.6 cm³/mol. The van der Waals surface area contributed by atoms with E-state index in [1.54, 1.807) is 32.4 Å². The Morgan fingerprint density at radius 2 is 1.67 bits per heavy atom. The maximum absolute atomic E-state index is 10.4. The summed E-state index contributed by atoms with van der Waals surface area (Å²) in [6.45, 7) is 0. The molecule has 2 aromatic rings. The summed E-state index contributed by atoms with van der Waals surface area (Å²) in [6, 6.07) is 14.8. The maximum atomic E-state index is 10.4. The molecule has 2 atom stereocenters. The maximum Gasteiger partial charge on any atom is 0.161 e. The van der Waals surface area contributed by atoms with Crippen molar-refractivity contribution in [1.82, 2.24) is 0 Å². The van der Waals surface area contributed by atoms with Gasteiger partial charge in [-0.3, -0.25) is 0 Å². The van der Waals surface area contributed by atoms with Crippen LogP contribution in [0.2, 0.25) is 0 Å². The number of ether oxygens (including phenoxy) is 2. The normalized spacial score (nSPS) is 13.5. The van der Waals surface area contributed by atoms with Crippen LogP contribution in [-0.4, -0.2) is 25.4 Å². The van der Waals surface area contributed by atoms with Gasteiger partial charge in [-0.05, 0) is 29.7 Å². The second-order valence-corrected chi connectivity index (χ2v) is 4.91. The molecule has 0 radical (unpaired) electrons. The Morgan fingerprint density at radius 3 is 2.29 bits per heavy atom. The van der Waals surface area contributed by atoms with Crippen LogP contribution >= 0.6 is 0 Å². The lowest BCUT2D eigenvalue weighted by atomic mass is 9.96. The van der Waals surface area contributed by atoms with E-state index in [1.165, 1.54) is 0 Å². The van der Waals surface area contributed by atoms with Crippen molar-refractivity contribution < 1.29 is 14.6 Å². The van der Waals surface area contributed by atoms with Gasteiger partial charge in [0.05, 0.1) is 20.3 Å². The number of methoxy groups -OCH3 is 2. The Kier molecular flexibility index (Phi) is 5.20. The molecule has 2 aromatic carbocycles. The fourth-order valence-corrected chi connectivity index (χ4v) is 2.28. The minimum atomic E-state index is -0.759. The third kappa shape index (κ3) is 3.74. The molecule has 0 aliphatic rings. The highest BCUT2D eigenvalue weighted by molar-refractivity contribution is 5.43. The van der Waals surface area contributed by atoms with Crippen molar-refractivity contribution in [1.29, 1.82) is 0 Å². The summed E-state index contributed by atoms with van der Waals surface area (Å²) < 4.78 is 10.4. The largest absolute Gasteiger partial charge is 0.493 e. The van der Waals surface area contributed by atoms with E-state index in [4.69, 9.17) is 15.2 Å². The van der Waals surface area contributed by atoms with Crippen LogP contribution in [0.1, 0.15) is 17.2 Å². The molecule has 21 heavy (non-hydrogen) atoms. The number of hydrogen-bond donors (Lipinski definition) is 2. The second kappa shape index (κ2) is 7.11. The van der Waals surface area contributed by atoms with Crippen molar-refractivity contribution in [2.45, 2.75) is 18.6 Å². The van der Waals surface area contributed by atoms with Crippen molar-refractivity contribution in [2.75, 3.05) is 14.2 Å². The lowest BCUT2D eigenvalue weighted by Crippen LogP contribution is -2.30. The third-order valence-corrected chi connectivity index (χ3v) is 3.47. The molecule has 2 rings (SSSR count). The van der Waals surface area contributed by atoms with Gasteiger partial charge in [-0.25, -0.2) is 0 Å². The molecule has 0 spiro atoms. The van der Waals surface area contributed by atoms with Crippen LogP contribution in [0.3, 0.4) is 0 Å². The number of nitrogens with two attached hydrogens (primary N) is 1. The van der Waals surface area contributed by atoms with Gasteiger partial charge in [-0.15, -0.1) is 0 Å². The molecule has 4 heteroatoms. The standard InChI is InChI=1S/C17H21NO3/c1-20-15-9-8-13(11-16(15)21-2)17(19)14(18)10-12-6-4-3-5-7-12/h3-9,11,14,17,19H,10,18H2,1-2H3. The average molecular weight is 287 g/mol. The number of benzene rings is 2. The summed E-state index contributed by atoms with van der Waals surface area (Å²) in [6.07, 6.45) is -0.152. The zero-order chi connectivity index (χ0) is 15.2. The fraction of sp³-hybridized carbons (Fsp3) is 0.294. The Morgan fingerprint density at radius 1 is 1.00 bits per heavy atom. The van der Waals surface area contributed by atoms with Crippen LogP contribution in [0, 0.1) is 0 Å². The number of hydrogen-bond acceptors (Lipinski definition) is 4. The van der Waals surface area contributed by atoms with E-state index >= 15 is 0 Å². The van der Waals surface area contributed by atoms with Gasteiger partial charge in [0.15, 0.2) is 11.5 Å². The van der Waals surface area contributed by atoms with Crippen molar-refractivity contribution >= 4 is 0 Å². The first-order valence-corrected chi connectivity index (χ1v) is 6.85. The summed E-state index contributed by atoms with van der Waals surface area (Å²) in [7, 11) is 3.15.